The van der Waals surface area contributed by atoms with E-state index in [1.165, 1.54) is 28.6 Å². The number of allylic oxidation sites excluding steroid dienone is 4. The summed E-state index contributed by atoms with van der Waals surface area (Å²) in [5, 5.41) is 2.22. The van der Waals surface area contributed by atoms with Gasteiger partial charge in [-0.1, -0.05) is 184 Å². The Bertz CT molecular complexity index is 1950. The van der Waals surface area contributed by atoms with E-state index in [0.717, 1.165) is 18.1 Å². The zero-order chi connectivity index (χ0) is 49.1. The normalized spacial score (nSPS) is 17.7. The Balaban J connectivity index is 2.10. The molecule has 2 aromatic carbocycles. The van der Waals surface area contributed by atoms with Gasteiger partial charge >= 0.3 is 13.8 Å². The van der Waals surface area contributed by atoms with Crippen molar-refractivity contribution in [1.29, 1.82) is 0 Å². The fraction of sp³-hybridized carbons (Fsp3) is 0.491. The highest BCUT2D eigenvalue weighted by molar-refractivity contribution is 7.48. The van der Waals surface area contributed by atoms with Gasteiger partial charge in [-0.2, -0.15) is 0 Å². The molecule has 1 heterocycles. The smallest absolute Gasteiger partial charge is 0.455 e. The van der Waals surface area contributed by atoms with Crippen molar-refractivity contribution < 1.29 is 40.9 Å². The average Bonchev–Trinajstić information content (AvgIpc) is 3.28. The molecular formula is C53H81O9PSi3. The molecule has 0 amide bonds. The highest BCUT2D eigenvalue weighted by Gasteiger charge is 2.50. The molecule has 2 unspecified atom stereocenters. The lowest BCUT2D eigenvalue weighted by molar-refractivity contribution is -0.141. The Labute approximate surface area is 402 Å². The van der Waals surface area contributed by atoms with Crippen molar-refractivity contribution in [3.8, 4) is 0 Å². The number of carbonyl (C=O) groups is 1. The molecule has 0 saturated carbocycles. The molecule has 0 spiro atoms. The molecule has 0 aromatic heterocycles. The van der Waals surface area contributed by atoms with Crippen LogP contribution in [0.3, 0.4) is 0 Å². The van der Waals surface area contributed by atoms with Crippen LogP contribution >= 0.6 is 7.82 Å². The molecule has 0 N–H and O–H groups in total. The van der Waals surface area contributed by atoms with Gasteiger partial charge in [-0.15, -0.1) is 13.2 Å². The Hall–Kier alpha value is -3.27. The molecule has 0 bridgehead atoms. The van der Waals surface area contributed by atoms with Crippen molar-refractivity contribution in [3.05, 3.63) is 147 Å². The lowest BCUT2D eigenvalue weighted by atomic mass is 9.93. The van der Waals surface area contributed by atoms with E-state index in [-0.39, 0.29) is 29.7 Å². The Kier molecular flexibility index (Phi) is 22.4. The van der Waals surface area contributed by atoms with E-state index in [2.05, 4.69) is 155 Å². The molecule has 1 aliphatic rings. The predicted molar refractivity (Wildman–Crippen MR) is 282 cm³/mol. The molecule has 0 fully saturated rings. The summed E-state index contributed by atoms with van der Waals surface area (Å²) in [7, 11) is -11.8. The van der Waals surface area contributed by atoms with Gasteiger partial charge in [0, 0.05) is 18.9 Å². The summed E-state index contributed by atoms with van der Waals surface area (Å²) in [5.74, 6) is -0.409. The first-order valence-corrected chi connectivity index (χ1v) is 32.4. The summed E-state index contributed by atoms with van der Waals surface area (Å²) in [6.07, 6.45) is 20.8. The Morgan fingerprint density at radius 3 is 1.82 bits per heavy atom. The summed E-state index contributed by atoms with van der Waals surface area (Å²) in [6.45, 7) is 34.1. The zero-order valence-corrected chi connectivity index (χ0v) is 46.0. The summed E-state index contributed by atoms with van der Waals surface area (Å²) >= 11 is 0. The number of phosphoric acid groups is 1. The van der Waals surface area contributed by atoms with Crippen LogP contribution in [0.2, 0.25) is 41.3 Å². The molecule has 13 heteroatoms. The number of rotatable bonds is 28. The number of hydrogen-bond acceptors (Lipinski definition) is 9. The van der Waals surface area contributed by atoms with E-state index in [1.54, 1.807) is 6.08 Å². The molecule has 66 heavy (non-hydrogen) atoms. The number of esters is 1. The third-order valence-corrected chi connectivity index (χ3v) is 28.5. The van der Waals surface area contributed by atoms with E-state index >= 15 is 0 Å². The average molecular weight is 977 g/mol. The van der Waals surface area contributed by atoms with Crippen LogP contribution < -0.4 is 10.4 Å². The van der Waals surface area contributed by atoms with Crippen molar-refractivity contribution >= 4 is 49.1 Å². The van der Waals surface area contributed by atoms with Gasteiger partial charge in [0.1, 0.15) is 12.2 Å². The second-order valence-corrected chi connectivity index (χ2v) is 34.9. The van der Waals surface area contributed by atoms with Crippen molar-refractivity contribution in [2.24, 2.45) is 0 Å². The maximum atomic E-state index is 14.6. The van der Waals surface area contributed by atoms with Crippen LogP contribution in [-0.2, 0) is 40.9 Å². The number of hydrogen-bond donors (Lipinski definition) is 0. The third-order valence-electron chi connectivity index (χ3n) is 12.8. The number of carbonyl (C=O) groups excluding carboxylic acids is 1. The van der Waals surface area contributed by atoms with E-state index in [0.29, 0.717) is 13.0 Å². The predicted octanol–water partition coefficient (Wildman–Crippen LogP) is 13.1. The molecule has 4 atom stereocenters. The Morgan fingerprint density at radius 1 is 0.788 bits per heavy atom. The van der Waals surface area contributed by atoms with Gasteiger partial charge in [0.05, 0.1) is 31.5 Å². The molecular weight excluding hydrogens is 896 g/mol. The van der Waals surface area contributed by atoms with Gasteiger partial charge in [-0.25, -0.2) is 9.36 Å². The molecule has 364 valence electrons. The standard InChI is InChI=1S/C53H81O9PSi3/c1-15-41-56-63(55,57-42-16-2)60-49(53(12,62-65(17-3,18-4)19-5)40-39-45-33-31-38-50(54)59-45)44-46(61-64(13,14)51(6,7)8)32-25-21-20-22-30-43-58-66(52(9,10)11,47-34-26-23-27-35-47)48-36-28-24-29-37-48/h15-16,20-32,34-40,45-46,49H,1-2,17-19,33,41-44H2,3-14H3/b21-20-,30-22+,32-25-,40-39+/t45?,46-,49?,53+/m0/s1. The quantitative estimate of drug-likeness (QED) is 0.0271. The monoisotopic (exact) mass is 976 g/mol. The third kappa shape index (κ3) is 16.2. The van der Waals surface area contributed by atoms with Gasteiger partial charge in [0.25, 0.3) is 8.32 Å². The van der Waals surface area contributed by atoms with Gasteiger partial charge in [0.15, 0.2) is 16.6 Å². The zero-order valence-electron chi connectivity index (χ0n) is 42.1. The lowest BCUT2D eigenvalue weighted by Gasteiger charge is -2.45. The fourth-order valence-electron chi connectivity index (χ4n) is 7.83. The van der Waals surface area contributed by atoms with Gasteiger partial charge < -0.3 is 18.0 Å². The first-order chi connectivity index (χ1) is 31.1. The van der Waals surface area contributed by atoms with Crippen LogP contribution in [0.1, 0.15) is 82.1 Å². The maximum Gasteiger partial charge on any atom is 0.475 e. The SMILES string of the molecule is C=CCOP(=O)(OCC=C)OC(C[C@H](\C=C/C=C\C=C\CO[Si](c1ccccc1)(c1ccccc1)C(C)(C)C)O[Si](C)(C)C(C)(C)C)[C@@](C)(/C=C/C1CC=CC(=O)O1)O[Si](CC)(CC)CC. The fourth-order valence-corrected chi connectivity index (χ4v) is 18.1. The van der Waals surface area contributed by atoms with E-state index in [1.807, 2.05) is 49.5 Å². The van der Waals surface area contributed by atoms with Crippen LogP contribution in [-0.4, -0.2) is 74.7 Å². The van der Waals surface area contributed by atoms with Crippen LogP contribution in [0.25, 0.3) is 0 Å². The van der Waals surface area contributed by atoms with E-state index in [9.17, 15) is 9.36 Å². The molecule has 1 aliphatic heterocycles. The molecule has 0 radical (unpaired) electrons. The minimum Gasteiger partial charge on any atom is -0.455 e. The Morgan fingerprint density at radius 2 is 1.33 bits per heavy atom. The van der Waals surface area contributed by atoms with Crippen LogP contribution in [0.15, 0.2) is 147 Å². The number of cyclic esters (lactones) is 1. The van der Waals surface area contributed by atoms with Crippen LogP contribution in [0.5, 0.6) is 0 Å². The minimum atomic E-state index is -4.25. The summed E-state index contributed by atoms with van der Waals surface area (Å²) in [5.41, 5.74) is -1.20. The topological polar surface area (TPSA) is 98.8 Å². The number of phosphoric ester groups is 1. The lowest BCUT2D eigenvalue weighted by Crippen LogP contribution is -2.66. The molecule has 3 rings (SSSR count). The molecule has 0 aliphatic carbocycles. The van der Waals surface area contributed by atoms with Gasteiger partial charge in [-0.3, -0.25) is 13.6 Å². The molecule has 0 saturated heterocycles. The van der Waals surface area contributed by atoms with Crippen molar-refractivity contribution in [3.63, 3.8) is 0 Å². The maximum absolute atomic E-state index is 14.6. The minimum absolute atomic E-state index is 0.0679. The van der Waals surface area contributed by atoms with Gasteiger partial charge in [0.2, 0.25) is 0 Å². The summed E-state index contributed by atoms with van der Waals surface area (Å²) < 4.78 is 60.2. The van der Waals surface area contributed by atoms with E-state index in [4.69, 9.17) is 31.6 Å². The largest absolute Gasteiger partial charge is 0.475 e. The summed E-state index contributed by atoms with van der Waals surface area (Å²) in [4.78, 5) is 12.3. The highest BCUT2D eigenvalue weighted by Crippen LogP contribution is 2.53. The second-order valence-electron chi connectivity index (χ2n) is 19.5. The van der Waals surface area contributed by atoms with Gasteiger partial charge in [-0.05, 0) is 64.7 Å². The first-order valence-electron chi connectivity index (χ1n) is 23.6. The van der Waals surface area contributed by atoms with Crippen molar-refractivity contribution in [2.45, 2.75) is 147 Å². The van der Waals surface area contributed by atoms with Crippen molar-refractivity contribution in [1.82, 2.24) is 0 Å². The number of benzene rings is 2. The second kappa shape index (κ2) is 25.9. The molecule has 2 aromatic rings. The number of ether oxygens (including phenoxy) is 1. The van der Waals surface area contributed by atoms with Crippen LogP contribution in [0.4, 0.5) is 0 Å². The highest BCUT2D eigenvalue weighted by atomic mass is 31.2. The van der Waals surface area contributed by atoms with E-state index < -0.39 is 62.7 Å². The summed E-state index contributed by atoms with van der Waals surface area (Å²) in [6, 6.07) is 23.8. The van der Waals surface area contributed by atoms with Crippen LogP contribution in [0, 0.1) is 0 Å². The molecule has 9 nitrogen and oxygen atoms in total. The van der Waals surface area contributed by atoms with Crippen molar-refractivity contribution in [2.75, 3.05) is 19.8 Å². The first kappa shape index (κ1) is 57.1.